The molecule has 0 spiro atoms. The topological polar surface area (TPSA) is 103 Å². The molecule has 0 radical (unpaired) electrons. The molecule has 10 nitrogen and oxygen atoms in total. The number of hydrogen-bond donors (Lipinski definition) is 0. The molecule has 5 rings (SSSR count). The summed E-state index contributed by atoms with van der Waals surface area (Å²) in [6.45, 7) is 4.47. The molecule has 40 heavy (non-hydrogen) atoms. The Balaban J connectivity index is 1.59. The molecule has 2 aromatic carbocycles. The third-order valence-electron chi connectivity index (χ3n) is 7.64. The molecular formula is C29H33FN6O4. The van der Waals surface area contributed by atoms with Gasteiger partial charge >= 0.3 is 5.97 Å². The second-order valence-electron chi connectivity index (χ2n) is 10.2. The summed E-state index contributed by atoms with van der Waals surface area (Å²) in [5, 5.41) is 10.7. The summed E-state index contributed by atoms with van der Waals surface area (Å²) in [5.74, 6) is -1.09. The van der Waals surface area contributed by atoms with Gasteiger partial charge in [-0.3, -0.25) is 23.7 Å². The van der Waals surface area contributed by atoms with Crippen LogP contribution < -0.4 is 0 Å². The zero-order chi connectivity index (χ0) is 28.6. The number of rotatable bonds is 7. The lowest BCUT2D eigenvalue weighted by Gasteiger charge is -2.30. The third-order valence-corrected chi connectivity index (χ3v) is 7.64. The van der Waals surface area contributed by atoms with Crippen LogP contribution >= 0.6 is 0 Å². The van der Waals surface area contributed by atoms with Crippen LogP contribution in [0.2, 0.25) is 0 Å². The number of likely N-dealkylation sites (N-methyl/N-ethyl adjacent to an activating group) is 1. The Morgan fingerprint density at radius 1 is 1.12 bits per heavy atom. The largest absolute Gasteiger partial charge is 0.465 e. The smallest absolute Gasteiger partial charge is 0.325 e. The third kappa shape index (κ3) is 5.15. The lowest BCUT2D eigenvalue weighted by atomic mass is 9.89. The zero-order valence-electron chi connectivity index (χ0n) is 23.2. The molecule has 1 saturated heterocycles. The number of carbonyl (C=O) groups excluding carboxylic acids is 3. The molecule has 1 aliphatic rings. The van der Waals surface area contributed by atoms with Crippen LogP contribution in [0.5, 0.6) is 0 Å². The van der Waals surface area contributed by atoms with Gasteiger partial charge in [0.05, 0.1) is 29.5 Å². The summed E-state index contributed by atoms with van der Waals surface area (Å²) < 4.78 is 23.9. The monoisotopic (exact) mass is 548 g/mol. The first-order valence-electron chi connectivity index (χ1n) is 13.4. The number of carbonyl (C=O) groups is 3. The van der Waals surface area contributed by atoms with E-state index in [1.807, 2.05) is 30.1 Å². The molecule has 2 amide bonds. The molecule has 1 aliphatic heterocycles. The van der Waals surface area contributed by atoms with Crippen molar-refractivity contribution in [3.05, 3.63) is 48.0 Å². The molecule has 4 aromatic rings. The molecule has 0 atom stereocenters. The van der Waals surface area contributed by atoms with Gasteiger partial charge in [0.2, 0.25) is 11.8 Å². The van der Waals surface area contributed by atoms with E-state index in [1.165, 1.54) is 11.0 Å². The summed E-state index contributed by atoms with van der Waals surface area (Å²) in [4.78, 5) is 40.1. The number of fused-ring (bicyclic) bond motifs is 2. The highest BCUT2D eigenvalue weighted by molar-refractivity contribution is 6.00. The summed E-state index contributed by atoms with van der Waals surface area (Å²) in [7, 11) is 3.36. The molecule has 0 saturated carbocycles. The summed E-state index contributed by atoms with van der Waals surface area (Å²) in [6.07, 6.45) is 3.05. The number of benzene rings is 2. The number of hydrogen-bond acceptors (Lipinski definition) is 6. The number of nitrogens with zero attached hydrogens (tertiary/aromatic N) is 6. The number of ether oxygens (including phenoxy) is 1. The van der Waals surface area contributed by atoms with Crippen LogP contribution in [0, 0.1) is 5.82 Å². The van der Waals surface area contributed by atoms with Gasteiger partial charge in [0.15, 0.2) is 0 Å². The molecule has 0 unspecified atom stereocenters. The second-order valence-corrected chi connectivity index (χ2v) is 10.2. The van der Waals surface area contributed by atoms with Crippen LogP contribution in [0.25, 0.3) is 32.9 Å². The van der Waals surface area contributed by atoms with Crippen LogP contribution in [-0.4, -0.2) is 80.4 Å². The van der Waals surface area contributed by atoms with E-state index in [0.29, 0.717) is 48.0 Å². The van der Waals surface area contributed by atoms with Gasteiger partial charge in [-0.1, -0.05) is 12.1 Å². The summed E-state index contributed by atoms with van der Waals surface area (Å²) in [5.41, 5.74) is 3.38. The van der Waals surface area contributed by atoms with E-state index in [4.69, 9.17) is 9.84 Å². The molecule has 0 bridgehead atoms. The quantitative estimate of drug-likeness (QED) is 0.328. The molecule has 3 heterocycles. The number of esters is 1. The Kier molecular flexibility index (Phi) is 7.55. The Morgan fingerprint density at radius 2 is 1.88 bits per heavy atom. The van der Waals surface area contributed by atoms with Gasteiger partial charge in [0, 0.05) is 56.4 Å². The average molecular weight is 549 g/mol. The highest BCUT2D eigenvalue weighted by Crippen LogP contribution is 2.39. The average Bonchev–Trinajstić information content (AvgIpc) is 3.48. The van der Waals surface area contributed by atoms with E-state index >= 15 is 4.39 Å². The fourth-order valence-electron chi connectivity index (χ4n) is 5.47. The van der Waals surface area contributed by atoms with Crippen molar-refractivity contribution in [1.82, 2.24) is 29.4 Å². The highest BCUT2D eigenvalue weighted by Gasteiger charge is 2.29. The summed E-state index contributed by atoms with van der Waals surface area (Å²) in [6, 6.07) is 8.86. The van der Waals surface area contributed by atoms with Crippen LogP contribution in [0.1, 0.15) is 38.3 Å². The first-order chi connectivity index (χ1) is 19.2. The van der Waals surface area contributed by atoms with E-state index in [-0.39, 0.29) is 43.2 Å². The Labute approximate surface area is 231 Å². The van der Waals surface area contributed by atoms with Crippen molar-refractivity contribution in [2.45, 2.75) is 39.2 Å². The minimum Gasteiger partial charge on any atom is -0.465 e. The van der Waals surface area contributed by atoms with Crippen LogP contribution in [0.4, 0.5) is 4.39 Å². The van der Waals surface area contributed by atoms with Crippen molar-refractivity contribution < 1.29 is 23.5 Å². The van der Waals surface area contributed by atoms with Gasteiger partial charge in [0.1, 0.15) is 18.9 Å². The molecule has 1 fully saturated rings. The lowest BCUT2D eigenvalue weighted by molar-refractivity contribution is -0.148. The number of aryl methyl sites for hydroxylation is 1. The number of amides is 2. The maximum absolute atomic E-state index is 15.6. The number of halogens is 1. The van der Waals surface area contributed by atoms with E-state index in [9.17, 15) is 14.4 Å². The van der Waals surface area contributed by atoms with Crippen LogP contribution in [-0.2, 0) is 32.7 Å². The van der Waals surface area contributed by atoms with Crippen molar-refractivity contribution in [1.29, 1.82) is 0 Å². The molecule has 11 heteroatoms. The van der Waals surface area contributed by atoms with Gasteiger partial charge in [-0.2, -0.15) is 10.2 Å². The molecular weight excluding hydrogens is 515 g/mol. The van der Waals surface area contributed by atoms with Crippen LogP contribution in [0.15, 0.2) is 36.5 Å². The van der Waals surface area contributed by atoms with Gasteiger partial charge in [-0.25, -0.2) is 4.39 Å². The fraction of sp³-hybridized carbons (Fsp3) is 0.414. The SMILES string of the molecule is CCOC(=O)CN(C)C(=O)Cn1nc(C2CCN(C(C)=O)CC2)c2c(-c3cc4c(cnn4C)cc3F)cccc21. The zero-order valence-corrected chi connectivity index (χ0v) is 23.2. The predicted molar refractivity (Wildman–Crippen MR) is 148 cm³/mol. The molecule has 0 aliphatic carbocycles. The maximum atomic E-state index is 15.6. The van der Waals surface area contributed by atoms with Crippen molar-refractivity contribution in [2.24, 2.45) is 7.05 Å². The van der Waals surface area contributed by atoms with Gasteiger partial charge in [-0.05, 0) is 43.5 Å². The van der Waals surface area contributed by atoms with E-state index in [1.54, 1.807) is 42.5 Å². The Hall–Kier alpha value is -4.28. The predicted octanol–water partition coefficient (Wildman–Crippen LogP) is 3.48. The van der Waals surface area contributed by atoms with Crippen molar-refractivity contribution >= 4 is 39.6 Å². The normalized spacial score (nSPS) is 14.2. The van der Waals surface area contributed by atoms with Gasteiger partial charge < -0.3 is 14.5 Å². The van der Waals surface area contributed by atoms with E-state index in [2.05, 4.69) is 5.10 Å². The van der Waals surface area contributed by atoms with Crippen molar-refractivity contribution in [2.75, 3.05) is 33.3 Å². The second kappa shape index (κ2) is 11.1. The number of aromatic nitrogens is 4. The number of piperidine rings is 1. The summed E-state index contributed by atoms with van der Waals surface area (Å²) >= 11 is 0. The lowest BCUT2D eigenvalue weighted by Crippen LogP contribution is -2.36. The number of likely N-dealkylation sites (tertiary alicyclic amines) is 1. The van der Waals surface area contributed by atoms with Crippen molar-refractivity contribution in [3.63, 3.8) is 0 Å². The molecule has 2 aromatic heterocycles. The fourth-order valence-corrected chi connectivity index (χ4v) is 5.47. The highest BCUT2D eigenvalue weighted by atomic mass is 19.1. The van der Waals surface area contributed by atoms with Gasteiger partial charge in [0.25, 0.3) is 0 Å². The first-order valence-corrected chi connectivity index (χ1v) is 13.4. The first kappa shape index (κ1) is 27.3. The maximum Gasteiger partial charge on any atom is 0.325 e. The van der Waals surface area contributed by atoms with Crippen LogP contribution in [0.3, 0.4) is 0 Å². The Morgan fingerprint density at radius 3 is 2.58 bits per heavy atom. The van der Waals surface area contributed by atoms with Gasteiger partial charge in [-0.15, -0.1) is 0 Å². The molecule has 210 valence electrons. The van der Waals surface area contributed by atoms with E-state index < -0.39 is 5.97 Å². The minimum absolute atomic E-state index is 0.0244. The molecule has 0 N–H and O–H groups in total. The Bertz CT molecular complexity index is 1600. The standard InChI is InChI=1S/C29H33FN6O4/c1-5-40-27(39)17-33(3)26(38)16-36-24-8-6-7-21(22-14-25-20(13-23(22)30)15-31-34(25)4)28(24)29(32-36)19-9-11-35(12-10-19)18(2)37/h6-8,13-15,19H,5,9-12,16-17H2,1-4H3. The van der Waals surface area contributed by atoms with E-state index in [0.717, 1.165) is 16.6 Å². The van der Waals surface area contributed by atoms with Crippen molar-refractivity contribution in [3.8, 4) is 11.1 Å². The minimum atomic E-state index is -0.482.